The second-order valence-corrected chi connectivity index (χ2v) is 12.5. The number of rotatable bonds is 10. The molecule has 46 heavy (non-hydrogen) atoms. The lowest BCUT2D eigenvalue weighted by Crippen LogP contribution is -2.40. The molecule has 1 aliphatic heterocycles. The van der Waals surface area contributed by atoms with Gasteiger partial charge in [-0.1, -0.05) is 47.7 Å². The number of carbonyl (C=O) groups is 1. The van der Waals surface area contributed by atoms with Crippen molar-refractivity contribution < 1.29 is 23.7 Å². The molecule has 2 heterocycles. The molecular weight excluding hydrogens is 670 g/mol. The number of esters is 1. The van der Waals surface area contributed by atoms with Crippen molar-refractivity contribution in [2.24, 2.45) is 4.99 Å². The third-order valence-corrected chi connectivity index (χ3v) is 8.72. The zero-order valence-corrected chi connectivity index (χ0v) is 28.4. The van der Waals surface area contributed by atoms with Crippen LogP contribution in [0.4, 0.5) is 0 Å². The maximum Gasteiger partial charge on any atom is 0.338 e. The van der Waals surface area contributed by atoms with Gasteiger partial charge < -0.3 is 18.9 Å². The Labute approximate surface area is 278 Å². The molecule has 1 atom stereocenters. The van der Waals surface area contributed by atoms with Crippen LogP contribution in [0.1, 0.15) is 56.0 Å². The second kappa shape index (κ2) is 14.2. The fraction of sp³-hybridized carbons (Fsp3) is 0.257. The topological polar surface area (TPSA) is 112 Å². The number of aromatic nitrogens is 1. The van der Waals surface area contributed by atoms with E-state index < -0.39 is 12.0 Å². The standard InChI is InChI=1S/C35H32BrN3O6S/c1-6-43-34(41)30-21(4)38-35-39(31(30)25-13-9-10-14-27(25)45-20(2)3)33(40)29(46-35)17-22-15-26(36)32(28(16-22)42-5)44-19-24-12-8-7-11-23(24)18-37/h7-17,20,31H,6,19H2,1-5H3/b29-17+/t31-/m0/s1. The molecule has 3 aromatic carbocycles. The van der Waals surface area contributed by atoms with Crippen LogP contribution in [0.5, 0.6) is 17.2 Å². The van der Waals surface area contributed by atoms with Gasteiger partial charge in [0.15, 0.2) is 16.3 Å². The van der Waals surface area contributed by atoms with Crippen LogP contribution in [0.25, 0.3) is 6.08 Å². The molecule has 0 radical (unpaired) electrons. The zero-order chi connectivity index (χ0) is 33.0. The fourth-order valence-corrected chi connectivity index (χ4v) is 6.79. The van der Waals surface area contributed by atoms with Gasteiger partial charge in [0.25, 0.3) is 5.56 Å². The Bertz CT molecular complexity index is 2060. The van der Waals surface area contributed by atoms with Crippen LogP contribution in [0.3, 0.4) is 0 Å². The Morgan fingerprint density at radius 2 is 1.89 bits per heavy atom. The van der Waals surface area contributed by atoms with Crippen molar-refractivity contribution in [3.8, 4) is 23.3 Å². The summed E-state index contributed by atoms with van der Waals surface area (Å²) in [5.74, 6) is 0.936. The number of methoxy groups -OCH3 is 1. The highest BCUT2D eigenvalue weighted by atomic mass is 79.9. The number of nitrogens with zero attached hydrogens (tertiary/aromatic N) is 3. The summed E-state index contributed by atoms with van der Waals surface area (Å²) in [5, 5.41) is 9.43. The molecule has 0 saturated heterocycles. The average Bonchev–Trinajstić information content (AvgIpc) is 3.33. The SMILES string of the molecule is CCOC(=O)C1=C(C)N=c2s/c(=C/c3cc(Br)c(OCc4ccccc4C#N)c(OC)c3)c(=O)n2[C@H]1c1ccccc1OC(C)C. The first-order valence-electron chi connectivity index (χ1n) is 14.6. The quantitative estimate of drug-likeness (QED) is 0.192. The number of hydrogen-bond donors (Lipinski definition) is 0. The lowest BCUT2D eigenvalue weighted by Gasteiger charge is -2.26. The molecule has 0 aliphatic carbocycles. The molecule has 236 valence electrons. The molecule has 0 unspecified atom stereocenters. The summed E-state index contributed by atoms with van der Waals surface area (Å²) in [7, 11) is 1.53. The number of hydrogen-bond acceptors (Lipinski definition) is 9. The summed E-state index contributed by atoms with van der Waals surface area (Å²) in [6.07, 6.45) is 1.62. The van der Waals surface area contributed by atoms with E-state index in [2.05, 4.69) is 27.0 Å². The monoisotopic (exact) mass is 701 g/mol. The molecule has 0 amide bonds. The number of fused-ring (bicyclic) bond motifs is 1. The Balaban J connectivity index is 1.60. The van der Waals surface area contributed by atoms with E-state index in [0.717, 1.165) is 5.56 Å². The summed E-state index contributed by atoms with van der Waals surface area (Å²) in [5.41, 5.74) is 3.05. The lowest BCUT2D eigenvalue weighted by atomic mass is 9.95. The minimum absolute atomic E-state index is 0.130. The first-order valence-corrected chi connectivity index (χ1v) is 16.2. The van der Waals surface area contributed by atoms with Crippen molar-refractivity contribution in [2.75, 3.05) is 13.7 Å². The Morgan fingerprint density at radius 3 is 2.61 bits per heavy atom. The van der Waals surface area contributed by atoms with Gasteiger partial charge in [0, 0.05) is 11.1 Å². The largest absolute Gasteiger partial charge is 0.493 e. The van der Waals surface area contributed by atoms with Crippen LogP contribution in [0.2, 0.25) is 0 Å². The number of benzene rings is 3. The molecule has 0 bridgehead atoms. The van der Waals surface area contributed by atoms with Crippen LogP contribution in [-0.4, -0.2) is 30.4 Å². The number of para-hydroxylation sites is 1. The number of allylic oxidation sites excluding steroid dienone is 1. The van der Waals surface area contributed by atoms with Crippen molar-refractivity contribution in [1.82, 2.24) is 4.57 Å². The molecule has 4 aromatic rings. The van der Waals surface area contributed by atoms with Crippen LogP contribution < -0.4 is 29.1 Å². The molecule has 0 spiro atoms. The maximum absolute atomic E-state index is 14.2. The highest BCUT2D eigenvalue weighted by Gasteiger charge is 2.35. The van der Waals surface area contributed by atoms with Gasteiger partial charge in [0.1, 0.15) is 18.4 Å². The van der Waals surface area contributed by atoms with Gasteiger partial charge in [0.05, 0.1) is 51.7 Å². The van der Waals surface area contributed by atoms with Gasteiger partial charge in [-0.15, -0.1) is 0 Å². The van der Waals surface area contributed by atoms with Crippen molar-refractivity contribution in [3.05, 3.63) is 118 Å². The Morgan fingerprint density at radius 1 is 1.15 bits per heavy atom. The number of ether oxygens (including phenoxy) is 4. The third kappa shape index (κ3) is 6.64. The van der Waals surface area contributed by atoms with Crippen LogP contribution in [-0.2, 0) is 16.1 Å². The van der Waals surface area contributed by atoms with E-state index in [4.69, 9.17) is 18.9 Å². The smallest absolute Gasteiger partial charge is 0.338 e. The summed E-state index contributed by atoms with van der Waals surface area (Å²) < 4.78 is 25.8. The highest BCUT2D eigenvalue weighted by Crippen LogP contribution is 2.38. The Kier molecular flexibility index (Phi) is 10.1. The van der Waals surface area contributed by atoms with Crippen molar-refractivity contribution in [3.63, 3.8) is 0 Å². The van der Waals surface area contributed by atoms with E-state index in [0.29, 0.717) is 53.4 Å². The van der Waals surface area contributed by atoms with Crippen molar-refractivity contribution >= 4 is 39.3 Å². The summed E-state index contributed by atoms with van der Waals surface area (Å²) in [6.45, 7) is 7.67. The van der Waals surface area contributed by atoms with E-state index in [9.17, 15) is 14.9 Å². The minimum atomic E-state index is -0.805. The molecule has 0 fully saturated rings. The predicted octanol–water partition coefficient (Wildman–Crippen LogP) is 5.81. The first kappa shape index (κ1) is 32.7. The normalized spacial score (nSPS) is 14.4. The molecule has 11 heteroatoms. The molecular formula is C35H32BrN3O6S. The van der Waals surface area contributed by atoms with Gasteiger partial charge in [-0.2, -0.15) is 5.26 Å². The maximum atomic E-state index is 14.2. The predicted molar refractivity (Wildman–Crippen MR) is 179 cm³/mol. The fourth-order valence-electron chi connectivity index (χ4n) is 5.17. The molecule has 5 rings (SSSR count). The number of halogens is 1. The lowest BCUT2D eigenvalue weighted by molar-refractivity contribution is -0.139. The molecule has 9 nitrogen and oxygen atoms in total. The third-order valence-electron chi connectivity index (χ3n) is 7.15. The first-order chi connectivity index (χ1) is 22.2. The van der Waals surface area contributed by atoms with Gasteiger partial charge >= 0.3 is 5.97 Å². The van der Waals surface area contributed by atoms with Crippen LogP contribution in [0.15, 0.2) is 86.2 Å². The number of carbonyl (C=O) groups excluding carboxylic acids is 1. The Hall–Kier alpha value is -4.66. The van der Waals surface area contributed by atoms with Gasteiger partial charge in [-0.3, -0.25) is 9.36 Å². The molecule has 1 aliphatic rings. The molecule has 0 N–H and O–H groups in total. The average molecular weight is 703 g/mol. The molecule has 1 aromatic heterocycles. The summed E-state index contributed by atoms with van der Waals surface area (Å²) in [6, 6.07) is 19.6. The van der Waals surface area contributed by atoms with E-state index >= 15 is 0 Å². The van der Waals surface area contributed by atoms with E-state index in [1.165, 1.54) is 23.0 Å². The van der Waals surface area contributed by atoms with Crippen molar-refractivity contribution in [1.29, 1.82) is 5.26 Å². The molecule has 0 saturated carbocycles. The van der Waals surface area contributed by atoms with Gasteiger partial charge in [-0.05, 0) is 79.5 Å². The van der Waals surface area contributed by atoms with E-state index in [-0.39, 0.29) is 30.5 Å². The van der Waals surface area contributed by atoms with Gasteiger partial charge in [-0.25, -0.2) is 9.79 Å². The van der Waals surface area contributed by atoms with Crippen LogP contribution >= 0.6 is 27.3 Å². The number of nitriles is 1. The summed E-state index contributed by atoms with van der Waals surface area (Å²) >= 11 is 4.81. The van der Waals surface area contributed by atoms with E-state index in [1.807, 2.05) is 56.3 Å². The second-order valence-electron chi connectivity index (χ2n) is 10.6. The van der Waals surface area contributed by atoms with Crippen LogP contribution in [0, 0.1) is 11.3 Å². The zero-order valence-electron chi connectivity index (χ0n) is 26.0. The van der Waals surface area contributed by atoms with Crippen molar-refractivity contribution in [2.45, 2.75) is 46.4 Å². The summed E-state index contributed by atoms with van der Waals surface area (Å²) in [4.78, 5) is 32.6. The van der Waals surface area contributed by atoms with E-state index in [1.54, 1.807) is 38.1 Å². The van der Waals surface area contributed by atoms with Gasteiger partial charge in [0.2, 0.25) is 0 Å². The highest BCUT2D eigenvalue weighted by molar-refractivity contribution is 9.10. The number of thiazole rings is 1. The minimum Gasteiger partial charge on any atom is -0.493 e.